The molecule has 6 heteroatoms. The number of hydrogen-bond donors (Lipinski definition) is 1. The van der Waals surface area contributed by atoms with Crippen LogP contribution < -0.4 is 0 Å². The van der Waals surface area contributed by atoms with Gasteiger partial charge in [0.05, 0.1) is 6.10 Å². The van der Waals surface area contributed by atoms with Gasteiger partial charge in [-0.15, -0.1) is 0 Å². The maximum atomic E-state index is 15.8. The summed E-state index contributed by atoms with van der Waals surface area (Å²) in [4.78, 5) is 23.0. The average molecular weight is 411 g/mol. The van der Waals surface area contributed by atoms with Crippen LogP contribution in [0, 0.1) is 34.5 Å². The first-order chi connectivity index (χ1) is 13.6. The molecule has 4 aliphatic rings. The fourth-order valence-electron chi connectivity index (χ4n) is 7.86. The van der Waals surface area contributed by atoms with Gasteiger partial charge >= 0.3 is 11.9 Å². The van der Waals surface area contributed by atoms with Gasteiger partial charge in [-0.1, -0.05) is 13.8 Å². The number of fused-ring (bicyclic) bond motifs is 5. The van der Waals surface area contributed by atoms with Crippen molar-refractivity contribution < 1.29 is 28.6 Å². The van der Waals surface area contributed by atoms with Gasteiger partial charge in [0.2, 0.25) is 0 Å². The quantitative estimate of drug-likeness (QED) is 0.701. The molecule has 0 spiro atoms. The zero-order valence-corrected chi connectivity index (χ0v) is 18.0. The molecule has 4 saturated carbocycles. The van der Waals surface area contributed by atoms with Crippen molar-refractivity contribution in [1.29, 1.82) is 0 Å². The Morgan fingerprint density at radius 3 is 2.17 bits per heavy atom. The number of aliphatic hydroxyl groups is 1. The molecule has 1 N–H and O–H groups in total. The summed E-state index contributed by atoms with van der Waals surface area (Å²) in [5.74, 6) is -0.634. The highest BCUT2D eigenvalue weighted by atomic mass is 19.1. The van der Waals surface area contributed by atoms with Crippen molar-refractivity contribution in [2.24, 2.45) is 34.5 Å². The lowest BCUT2D eigenvalue weighted by molar-refractivity contribution is -0.212. The summed E-state index contributed by atoms with van der Waals surface area (Å²) >= 11 is 0. The second-order valence-corrected chi connectivity index (χ2v) is 10.6. The largest absolute Gasteiger partial charge is 0.463 e. The Bertz CT molecular complexity index is 682. The van der Waals surface area contributed by atoms with E-state index < -0.39 is 12.3 Å². The van der Waals surface area contributed by atoms with E-state index in [0.29, 0.717) is 6.42 Å². The van der Waals surface area contributed by atoms with Crippen LogP contribution in [0.15, 0.2) is 0 Å². The van der Waals surface area contributed by atoms with E-state index in [4.69, 9.17) is 9.47 Å². The number of esters is 2. The molecule has 0 aromatic heterocycles. The van der Waals surface area contributed by atoms with Crippen LogP contribution in [0.4, 0.5) is 4.39 Å². The van der Waals surface area contributed by atoms with Crippen molar-refractivity contribution in [1.82, 2.24) is 0 Å². The first-order valence-electron chi connectivity index (χ1n) is 11.2. The summed E-state index contributed by atoms with van der Waals surface area (Å²) in [5, 5.41) is 11.0. The van der Waals surface area contributed by atoms with Crippen molar-refractivity contribution in [3.05, 3.63) is 0 Å². The Hall–Kier alpha value is -1.17. The molecule has 0 saturated heterocycles. The van der Waals surface area contributed by atoms with Gasteiger partial charge in [0.15, 0.2) is 0 Å². The van der Waals surface area contributed by atoms with Crippen LogP contribution in [0.3, 0.4) is 0 Å². The van der Waals surface area contributed by atoms with E-state index in [1.54, 1.807) is 0 Å². The standard InChI is InChI=1S/C23H35FO5/c1-12(25)28-14-7-9-22(3)16-8-10-23(4)15(5-6-18(23)29-13(2)26)19(16)20(24)21(27)17(22)11-14/h14-21,27H,5-11H2,1-4H3/t14-,15-,16-,17+,18-,19-,20-,21-,22+,23-/m0/s1. The summed E-state index contributed by atoms with van der Waals surface area (Å²) in [6.45, 7) is 7.22. The van der Waals surface area contributed by atoms with Crippen LogP contribution in [-0.2, 0) is 19.1 Å². The third-order valence-corrected chi connectivity index (χ3v) is 9.21. The molecule has 4 aliphatic carbocycles. The van der Waals surface area contributed by atoms with Gasteiger partial charge in [0.1, 0.15) is 18.4 Å². The van der Waals surface area contributed by atoms with Crippen molar-refractivity contribution in [2.45, 2.75) is 97.1 Å². The summed E-state index contributed by atoms with van der Waals surface area (Å²) in [5.41, 5.74) is -0.362. The highest BCUT2D eigenvalue weighted by Crippen LogP contribution is 2.67. The van der Waals surface area contributed by atoms with Crippen LogP contribution in [0.2, 0.25) is 0 Å². The van der Waals surface area contributed by atoms with Gasteiger partial charge in [0.25, 0.3) is 0 Å². The molecule has 10 atom stereocenters. The zero-order valence-electron chi connectivity index (χ0n) is 18.0. The maximum absolute atomic E-state index is 15.8. The Labute approximate surface area is 172 Å². The minimum absolute atomic E-state index is 0.124. The molecule has 0 radical (unpaired) electrons. The van der Waals surface area contributed by atoms with Crippen LogP contribution in [-0.4, -0.2) is 41.5 Å². The Kier molecular flexibility index (Phi) is 5.24. The highest BCUT2D eigenvalue weighted by molar-refractivity contribution is 5.66. The molecule has 0 unspecified atom stereocenters. The number of ether oxygens (including phenoxy) is 2. The lowest BCUT2D eigenvalue weighted by atomic mass is 9.44. The topological polar surface area (TPSA) is 72.8 Å². The molecule has 164 valence electrons. The number of carbonyl (C=O) groups excluding carboxylic acids is 2. The highest BCUT2D eigenvalue weighted by Gasteiger charge is 2.66. The van der Waals surface area contributed by atoms with Gasteiger partial charge in [-0.25, -0.2) is 4.39 Å². The third kappa shape index (κ3) is 3.21. The predicted octanol–water partition coefficient (Wildman–Crippen LogP) is 3.81. The molecule has 0 amide bonds. The zero-order chi connectivity index (χ0) is 21.1. The molecule has 4 fully saturated rings. The van der Waals surface area contributed by atoms with E-state index >= 15 is 4.39 Å². The minimum Gasteiger partial charge on any atom is -0.463 e. The number of rotatable bonds is 2. The van der Waals surface area contributed by atoms with Crippen LogP contribution >= 0.6 is 0 Å². The molecular formula is C23H35FO5. The van der Waals surface area contributed by atoms with Gasteiger partial charge in [0, 0.05) is 19.3 Å². The molecule has 29 heavy (non-hydrogen) atoms. The van der Waals surface area contributed by atoms with Crippen molar-refractivity contribution in [3.8, 4) is 0 Å². The van der Waals surface area contributed by atoms with Gasteiger partial charge in [-0.3, -0.25) is 9.59 Å². The SMILES string of the molecule is CC(=O)O[C@H]1CC[C@@]2(C)[C@H](C1)[C@H](O)[C@@H](F)[C@@H]1[C@@H]2CC[C@]2(C)[C@@H](OC(C)=O)CC[C@@H]12. The van der Waals surface area contributed by atoms with Crippen LogP contribution in [0.5, 0.6) is 0 Å². The monoisotopic (exact) mass is 410 g/mol. The molecule has 0 bridgehead atoms. The Morgan fingerprint density at radius 1 is 0.897 bits per heavy atom. The lowest BCUT2D eigenvalue weighted by Gasteiger charge is -2.62. The van der Waals surface area contributed by atoms with Crippen LogP contribution in [0.25, 0.3) is 0 Å². The second-order valence-electron chi connectivity index (χ2n) is 10.6. The number of hydrogen-bond acceptors (Lipinski definition) is 5. The van der Waals surface area contributed by atoms with Crippen LogP contribution in [0.1, 0.15) is 72.6 Å². The lowest BCUT2D eigenvalue weighted by Crippen LogP contribution is -2.63. The molecule has 5 nitrogen and oxygen atoms in total. The second kappa shape index (κ2) is 7.21. The predicted molar refractivity (Wildman–Crippen MR) is 105 cm³/mol. The van der Waals surface area contributed by atoms with E-state index in [1.165, 1.54) is 13.8 Å². The summed E-state index contributed by atoms with van der Waals surface area (Å²) in [6.07, 6.45) is 2.92. The summed E-state index contributed by atoms with van der Waals surface area (Å²) in [7, 11) is 0. The van der Waals surface area contributed by atoms with E-state index in [9.17, 15) is 14.7 Å². The molecule has 0 aromatic carbocycles. The number of carbonyl (C=O) groups is 2. The average Bonchev–Trinajstić information content (AvgIpc) is 2.96. The van der Waals surface area contributed by atoms with Crippen molar-refractivity contribution >= 4 is 11.9 Å². The fraction of sp³-hybridized carbons (Fsp3) is 0.913. The first-order valence-corrected chi connectivity index (χ1v) is 11.2. The van der Waals surface area contributed by atoms with E-state index in [1.807, 2.05) is 0 Å². The molecular weight excluding hydrogens is 375 g/mol. The Balaban J connectivity index is 1.61. The molecule has 0 aromatic rings. The first kappa shape index (κ1) is 21.1. The van der Waals surface area contributed by atoms with Crippen molar-refractivity contribution in [2.75, 3.05) is 0 Å². The van der Waals surface area contributed by atoms with Gasteiger partial charge < -0.3 is 14.6 Å². The van der Waals surface area contributed by atoms with Gasteiger partial charge in [-0.2, -0.15) is 0 Å². The number of halogens is 1. The number of alkyl halides is 1. The Morgan fingerprint density at radius 2 is 1.52 bits per heavy atom. The summed E-state index contributed by atoms with van der Waals surface area (Å²) < 4.78 is 26.8. The van der Waals surface area contributed by atoms with Gasteiger partial charge in [-0.05, 0) is 74.0 Å². The molecule has 4 rings (SSSR count). The smallest absolute Gasteiger partial charge is 0.302 e. The van der Waals surface area contributed by atoms with E-state index in [0.717, 1.165) is 38.5 Å². The molecule has 0 heterocycles. The number of aliphatic hydroxyl groups excluding tert-OH is 1. The van der Waals surface area contributed by atoms with E-state index in [2.05, 4.69) is 13.8 Å². The third-order valence-electron chi connectivity index (χ3n) is 9.21. The normalized spacial score (nSPS) is 51.4. The summed E-state index contributed by atoms with van der Waals surface area (Å²) in [6, 6.07) is 0. The minimum atomic E-state index is -1.28. The maximum Gasteiger partial charge on any atom is 0.302 e. The van der Waals surface area contributed by atoms with Crippen molar-refractivity contribution in [3.63, 3.8) is 0 Å². The molecule has 0 aliphatic heterocycles. The van der Waals surface area contributed by atoms with E-state index in [-0.39, 0.29) is 58.6 Å². The fourth-order valence-corrected chi connectivity index (χ4v) is 7.86.